The molecule has 1 atom stereocenters. The van der Waals surface area contributed by atoms with Crippen LogP contribution in [0.25, 0.3) is 0 Å². The zero-order valence-corrected chi connectivity index (χ0v) is 12.5. The van der Waals surface area contributed by atoms with Crippen molar-refractivity contribution in [1.29, 1.82) is 0 Å². The lowest BCUT2D eigenvalue weighted by atomic mass is 10.2. The third-order valence-electron chi connectivity index (χ3n) is 2.26. The topological polar surface area (TPSA) is 59.1 Å². The summed E-state index contributed by atoms with van der Waals surface area (Å²) in [5.41, 5.74) is 0. The molecule has 7 heteroatoms. The Balaban J connectivity index is 2.88. The average Bonchev–Trinajstić information content (AvgIpc) is 2.28. The zero-order chi connectivity index (χ0) is 12.9. The summed E-state index contributed by atoms with van der Waals surface area (Å²) in [6, 6.07) is 1.37. The van der Waals surface area contributed by atoms with Crippen molar-refractivity contribution in [2.75, 3.05) is 5.88 Å². The van der Waals surface area contributed by atoms with Crippen LogP contribution >= 0.6 is 27.5 Å². The summed E-state index contributed by atoms with van der Waals surface area (Å²) < 4.78 is 27.3. The van der Waals surface area contributed by atoms with Gasteiger partial charge in [-0.25, -0.2) is 13.1 Å². The van der Waals surface area contributed by atoms with Crippen molar-refractivity contribution < 1.29 is 8.42 Å². The van der Waals surface area contributed by atoms with Gasteiger partial charge < -0.3 is 0 Å². The van der Waals surface area contributed by atoms with E-state index in [2.05, 4.69) is 25.6 Å². The van der Waals surface area contributed by atoms with Crippen LogP contribution in [0.2, 0.25) is 0 Å². The predicted octanol–water partition coefficient (Wildman–Crippen LogP) is 2.53. The van der Waals surface area contributed by atoms with Gasteiger partial charge in [-0.15, -0.1) is 11.6 Å². The molecule has 96 valence electrons. The maximum atomic E-state index is 12.0. The van der Waals surface area contributed by atoms with E-state index in [0.717, 1.165) is 0 Å². The van der Waals surface area contributed by atoms with Crippen molar-refractivity contribution in [1.82, 2.24) is 9.71 Å². The van der Waals surface area contributed by atoms with Crippen molar-refractivity contribution in [3.8, 4) is 0 Å². The molecule has 1 heterocycles. The van der Waals surface area contributed by atoms with Crippen LogP contribution in [0.5, 0.6) is 0 Å². The van der Waals surface area contributed by atoms with E-state index in [4.69, 9.17) is 11.6 Å². The number of sulfonamides is 1. The Kier molecular flexibility index (Phi) is 5.85. The number of halogens is 2. The Morgan fingerprint density at radius 3 is 2.76 bits per heavy atom. The monoisotopic (exact) mass is 340 g/mol. The SMILES string of the molecule is CCC(CCCl)NS(=O)(=O)c1cncc(Br)c1. The van der Waals surface area contributed by atoms with Crippen molar-refractivity contribution in [2.45, 2.75) is 30.7 Å². The van der Waals surface area contributed by atoms with Gasteiger partial charge in [0.1, 0.15) is 4.90 Å². The number of alkyl halides is 1. The van der Waals surface area contributed by atoms with E-state index in [1.54, 1.807) is 0 Å². The number of pyridine rings is 1. The van der Waals surface area contributed by atoms with Crippen LogP contribution in [0.1, 0.15) is 19.8 Å². The van der Waals surface area contributed by atoms with E-state index in [1.807, 2.05) is 6.92 Å². The van der Waals surface area contributed by atoms with Gasteiger partial charge in [0.25, 0.3) is 0 Å². The Bertz CT molecular complexity index is 467. The highest BCUT2D eigenvalue weighted by Crippen LogP contribution is 2.15. The van der Waals surface area contributed by atoms with Gasteiger partial charge in [-0.3, -0.25) is 4.98 Å². The molecule has 1 unspecified atom stereocenters. The summed E-state index contributed by atoms with van der Waals surface area (Å²) in [6.45, 7) is 1.92. The van der Waals surface area contributed by atoms with Crippen LogP contribution in [0.4, 0.5) is 0 Å². The normalized spacial score (nSPS) is 13.6. The molecule has 0 aliphatic heterocycles. The van der Waals surface area contributed by atoms with E-state index in [9.17, 15) is 8.42 Å². The second-order valence-corrected chi connectivity index (χ2v) is 6.55. The Morgan fingerprint density at radius 2 is 2.24 bits per heavy atom. The smallest absolute Gasteiger partial charge is 0.242 e. The molecule has 0 bridgehead atoms. The minimum atomic E-state index is -3.52. The van der Waals surface area contributed by atoms with Crippen molar-refractivity contribution in [3.05, 3.63) is 22.9 Å². The fourth-order valence-electron chi connectivity index (χ4n) is 1.30. The second kappa shape index (κ2) is 6.68. The van der Waals surface area contributed by atoms with Gasteiger partial charge in [-0.2, -0.15) is 0 Å². The minimum Gasteiger partial charge on any atom is -0.262 e. The second-order valence-electron chi connectivity index (χ2n) is 3.54. The highest BCUT2D eigenvalue weighted by Gasteiger charge is 2.19. The number of nitrogens with zero attached hydrogens (tertiary/aromatic N) is 1. The third kappa shape index (κ3) is 4.54. The van der Waals surface area contributed by atoms with E-state index in [1.165, 1.54) is 18.5 Å². The van der Waals surface area contributed by atoms with E-state index >= 15 is 0 Å². The van der Waals surface area contributed by atoms with Crippen LogP contribution < -0.4 is 4.72 Å². The Labute approximate surface area is 115 Å². The molecule has 0 amide bonds. The molecule has 0 saturated heterocycles. The average molecular weight is 342 g/mol. The molecule has 0 aliphatic rings. The van der Waals surface area contributed by atoms with Crippen LogP contribution in [-0.2, 0) is 10.0 Å². The number of hydrogen-bond donors (Lipinski definition) is 1. The van der Waals surface area contributed by atoms with Crippen LogP contribution in [0.3, 0.4) is 0 Å². The molecule has 0 saturated carbocycles. The van der Waals surface area contributed by atoms with Crippen molar-refractivity contribution >= 4 is 37.6 Å². The molecule has 1 rings (SSSR count). The molecule has 0 aliphatic carbocycles. The first-order valence-corrected chi connectivity index (χ1v) is 7.99. The maximum Gasteiger partial charge on any atom is 0.242 e. The lowest BCUT2D eigenvalue weighted by Crippen LogP contribution is -2.34. The highest BCUT2D eigenvalue weighted by atomic mass is 79.9. The molecule has 4 nitrogen and oxygen atoms in total. The van der Waals surface area contributed by atoms with Gasteiger partial charge in [0.2, 0.25) is 10.0 Å². The highest BCUT2D eigenvalue weighted by molar-refractivity contribution is 9.10. The lowest BCUT2D eigenvalue weighted by Gasteiger charge is -2.15. The number of aromatic nitrogens is 1. The summed E-state index contributed by atoms with van der Waals surface area (Å²) in [7, 11) is -3.52. The first-order chi connectivity index (χ1) is 7.99. The van der Waals surface area contributed by atoms with Gasteiger partial charge in [-0.1, -0.05) is 6.92 Å². The molecule has 17 heavy (non-hydrogen) atoms. The van der Waals surface area contributed by atoms with Gasteiger partial charge in [0.15, 0.2) is 0 Å². The van der Waals surface area contributed by atoms with Crippen molar-refractivity contribution in [3.63, 3.8) is 0 Å². The molecule has 0 aromatic carbocycles. The number of nitrogens with one attached hydrogen (secondary N) is 1. The first kappa shape index (κ1) is 14.9. The summed E-state index contributed by atoms with van der Waals surface area (Å²) >= 11 is 8.81. The fraction of sp³-hybridized carbons (Fsp3) is 0.500. The van der Waals surface area contributed by atoms with Crippen molar-refractivity contribution in [2.24, 2.45) is 0 Å². The zero-order valence-electron chi connectivity index (χ0n) is 9.36. The molecule has 0 radical (unpaired) electrons. The molecule has 0 fully saturated rings. The molecule has 1 N–H and O–H groups in total. The molecular weight excluding hydrogens is 328 g/mol. The Hall–Kier alpha value is -0.170. The maximum absolute atomic E-state index is 12.0. The molecule has 0 spiro atoms. The van der Waals surface area contributed by atoms with E-state index in [-0.39, 0.29) is 10.9 Å². The summed E-state index contributed by atoms with van der Waals surface area (Å²) in [5, 5.41) is 0. The van der Waals surface area contributed by atoms with Crippen LogP contribution in [0.15, 0.2) is 27.8 Å². The first-order valence-electron chi connectivity index (χ1n) is 5.18. The van der Waals surface area contributed by atoms with E-state index in [0.29, 0.717) is 23.2 Å². The fourth-order valence-corrected chi connectivity index (χ4v) is 3.43. The number of hydrogen-bond acceptors (Lipinski definition) is 3. The van der Waals surface area contributed by atoms with E-state index < -0.39 is 10.0 Å². The summed E-state index contributed by atoms with van der Waals surface area (Å²) in [6.07, 6.45) is 4.17. The predicted molar refractivity (Wildman–Crippen MR) is 71.7 cm³/mol. The summed E-state index contributed by atoms with van der Waals surface area (Å²) in [4.78, 5) is 3.99. The standard InChI is InChI=1S/C10H14BrClN2O2S/c1-2-9(3-4-12)14-17(15,16)10-5-8(11)6-13-7-10/h5-7,9,14H,2-4H2,1H3. The van der Waals surface area contributed by atoms with Crippen LogP contribution in [-0.4, -0.2) is 25.3 Å². The number of rotatable bonds is 6. The lowest BCUT2D eigenvalue weighted by molar-refractivity contribution is 0.531. The third-order valence-corrected chi connectivity index (χ3v) is 4.40. The van der Waals surface area contributed by atoms with Gasteiger partial charge in [-0.05, 0) is 34.8 Å². The molecular formula is C10H14BrClN2O2S. The van der Waals surface area contributed by atoms with Gasteiger partial charge in [0, 0.05) is 28.8 Å². The Morgan fingerprint density at radius 1 is 1.53 bits per heavy atom. The van der Waals surface area contributed by atoms with Gasteiger partial charge >= 0.3 is 0 Å². The quantitative estimate of drug-likeness (QED) is 0.809. The summed E-state index contributed by atoms with van der Waals surface area (Å²) in [5.74, 6) is 0.428. The largest absolute Gasteiger partial charge is 0.262 e. The molecule has 1 aromatic rings. The van der Waals surface area contributed by atoms with Crippen LogP contribution in [0, 0.1) is 0 Å². The van der Waals surface area contributed by atoms with Gasteiger partial charge in [0.05, 0.1) is 0 Å². The minimum absolute atomic E-state index is 0.142. The molecule has 1 aromatic heterocycles.